The monoisotopic (exact) mass is 167 g/mol. The predicted octanol–water partition coefficient (Wildman–Crippen LogP) is 1.50. The number of ketones is 1. The second-order valence-corrected chi connectivity index (χ2v) is 4.71. The Labute approximate surface area is 73.7 Å². The molecule has 0 aromatic heterocycles. The molecule has 68 valence electrons. The molecule has 1 heterocycles. The molecule has 1 saturated carbocycles. The van der Waals surface area contributed by atoms with Gasteiger partial charge in [0.15, 0.2) is 0 Å². The number of hydrogen-bond acceptors (Lipinski definition) is 2. The fraction of sp³-hybridized carbons (Fsp3) is 0.900. The second kappa shape index (κ2) is 2.56. The van der Waals surface area contributed by atoms with Crippen molar-refractivity contribution in [3.8, 4) is 0 Å². The smallest absolute Gasteiger partial charge is 0.134 e. The van der Waals surface area contributed by atoms with Crippen molar-refractivity contribution in [3.63, 3.8) is 0 Å². The lowest BCUT2D eigenvalue weighted by atomic mass is 9.92. The maximum atomic E-state index is 11.3. The van der Waals surface area contributed by atoms with Crippen molar-refractivity contribution < 1.29 is 4.79 Å². The molecule has 0 aromatic rings. The van der Waals surface area contributed by atoms with Crippen LogP contribution in [0.2, 0.25) is 0 Å². The van der Waals surface area contributed by atoms with Crippen molar-refractivity contribution in [2.75, 3.05) is 0 Å². The van der Waals surface area contributed by atoms with E-state index in [1.165, 1.54) is 6.42 Å². The van der Waals surface area contributed by atoms with Gasteiger partial charge in [0, 0.05) is 24.4 Å². The Morgan fingerprint density at radius 3 is 3.08 bits per heavy atom. The van der Waals surface area contributed by atoms with Gasteiger partial charge >= 0.3 is 0 Å². The first kappa shape index (κ1) is 8.24. The van der Waals surface area contributed by atoms with E-state index in [1.807, 2.05) is 0 Å². The Morgan fingerprint density at radius 1 is 1.58 bits per heavy atom. The first-order chi connectivity index (χ1) is 5.59. The van der Waals surface area contributed by atoms with E-state index in [4.69, 9.17) is 0 Å². The summed E-state index contributed by atoms with van der Waals surface area (Å²) in [6.45, 7) is 4.43. The van der Waals surface area contributed by atoms with Gasteiger partial charge in [-0.3, -0.25) is 4.79 Å². The van der Waals surface area contributed by atoms with Crippen molar-refractivity contribution in [2.24, 2.45) is 5.92 Å². The highest BCUT2D eigenvalue weighted by molar-refractivity contribution is 5.80. The highest BCUT2D eigenvalue weighted by Gasteiger charge is 2.42. The minimum absolute atomic E-state index is 0.123. The fourth-order valence-corrected chi connectivity index (χ4v) is 2.83. The summed E-state index contributed by atoms with van der Waals surface area (Å²) < 4.78 is 0. The molecule has 2 heteroatoms. The summed E-state index contributed by atoms with van der Waals surface area (Å²) in [7, 11) is 0. The summed E-state index contributed by atoms with van der Waals surface area (Å²) in [6.07, 6.45) is 3.85. The van der Waals surface area contributed by atoms with E-state index in [9.17, 15) is 4.79 Å². The van der Waals surface area contributed by atoms with E-state index >= 15 is 0 Å². The van der Waals surface area contributed by atoms with Gasteiger partial charge in [0.2, 0.25) is 0 Å². The van der Waals surface area contributed by atoms with E-state index in [0.717, 1.165) is 25.2 Å². The third-order valence-electron chi connectivity index (χ3n) is 3.38. The van der Waals surface area contributed by atoms with Gasteiger partial charge in [0.25, 0.3) is 0 Å². The zero-order valence-corrected chi connectivity index (χ0v) is 7.89. The molecule has 1 N–H and O–H groups in total. The number of carbonyl (C=O) groups is 1. The van der Waals surface area contributed by atoms with Crippen molar-refractivity contribution >= 4 is 5.78 Å². The van der Waals surface area contributed by atoms with E-state index in [1.54, 1.807) is 0 Å². The van der Waals surface area contributed by atoms with Crippen LogP contribution in [0, 0.1) is 5.92 Å². The topological polar surface area (TPSA) is 29.1 Å². The summed E-state index contributed by atoms with van der Waals surface area (Å²) in [5, 5.41) is 3.54. The SMILES string of the molecule is CC1NC2(C)CC(=O)CCC1C2. The molecule has 12 heavy (non-hydrogen) atoms. The Hall–Kier alpha value is -0.370. The molecule has 0 aromatic carbocycles. The van der Waals surface area contributed by atoms with E-state index < -0.39 is 0 Å². The van der Waals surface area contributed by atoms with Crippen LogP contribution in [0.3, 0.4) is 0 Å². The van der Waals surface area contributed by atoms with Gasteiger partial charge in [-0.25, -0.2) is 0 Å². The van der Waals surface area contributed by atoms with E-state index in [2.05, 4.69) is 19.2 Å². The van der Waals surface area contributed by atoms with Crippen LogP contribution in [0.15, 0.2) is 0 Å². The third-order valence-corrected chi connectivity index (χ3v) is 3.38. The summed E-state index contributed by atoms with van der Waals surface area (Å²) in [5.41, 5.74) is 0.123. The van der Waals surface area contributed by atoms with E-state index in [-0.39, 0.29) is 5.54 Å². The van der Waals surface area contributed by atoms with Crippen LogP contribution < -0.4 is 5.32 Å². The Balaban J connectivity index is 2.19. The van der Waals surface area contributed by atoms with Crippen LogP contribution in [-0.2, 0) is 4.79 Å². The molecule has 0 radical (unpaired) electrons. The minimum atomic E-state index is 0.123. The van der Waals surface area contributed by atoms with Crippen LogP contribution in [0.25, 0.3) is 0 Å². The number of Topliss-reactive ketones (excluding diaryl/α,β-unsaturated/α-hetero) is 1. The van der Waals surface area contributed by atoms with Gasteiger partial charge < -0.3 is 5.32 Å². The molecule has 0 amide bonds. The second-order valence-electron chi connectivity index (χ2n) is 4.71. The molecule has 3 unspecified atom stereocenters. The Kier molecular flexibility index (Phi) is 1.76. The summed E-state index contributed by atoms with van der Waals surface area (Å²) in [6, 6.07) is 0.614. The molecule has 2 fully saturated rings. The van der Waals surface area contributed by atoms with Gasteiger partial charge in [-0.05, 0) is 32.6 Å². The predicted molar refractivity (Wildman–Crippen MR) is 48.0 cm³/mol. The molecule has 0 spiro atoms. The van der Waals surface area contributed by atoms with Gasteiger partial charge in [-0.1, -0.05) is 0 Å². The van der Waals surface area contributed by atoms with Crippen molar-refractivity contribution in [3.05, 3.63) is 0 Å². The van der Waals surface area contributed by atoms with Crippen LogP contribution in [0.4, 0.5) is 0 Å². The van der Waals surface area contributed by atoms with Crippen molar-refractivity contribution in [2.45, 2.75) is 51.1 Å². The van der Waals surface area contributed by atoms with Crippen LogP contribution in [-0.4, -0.2) is 17.4 Å². The molecule has 2 aliphatic rings. The zero-order chi connectivity index (χ0) is 8.77. The summed E-state index contributed by atoms with van der Waals surface area (Å²) in [4.78, 5) is 11.3. The van der Waals surface area contributed by atoms with Gasteiger partial charge in [0.05, 0.1) is 0 Å². The molecule has 2 nitrogen and oxygen atoms in total. The lowest BCUT2D eigenvalue weighted by Crippen LogP contribution is -2.41. The normalized spacial score (nSPS) is 47.7. The molecule has 1 aliphatic carbocycles. The first-order valence-electron chi connectivity index (χ1n) is 4.88. The van der Waals surface area contributed by atoms with Crippen molar-refractivity contribution in [1.29, 1.82) is 0 Å². The molecule has 3 atom stereocenters. The highest BCUT2D eigenvalue weighted by Crippen LogP contribution is 2.37. The third kappa shape index (κ3) is 1.28. The Bertz CT molecular complexity index is 214. The van der Waals surface area contributed by atoms with Crippen LogP contribution in [0.5, 0.6) is 0 Å². The van der Waals surface area contributed by atoms with Crippen molar-refractivity contribution in [1.82, 2.24) is 5.32 Å². The van der Waals surface area contributed by atoms with Crippen LogP contribution >= 0.6 is 0 Å². The average Bonchev–Trinajstić information content (AvgIpc) is 2.10. The lowest BCUT2D eigenvalue weighted by Gasteiger charge is -2.24. The Morgan fingerprint density at radius 2 is 2.33 bits per heavy atom. The summed E-state index contributed by atoms with van der Waals surface area (Å²) >= 11 is 0. The van der Waals surface area contributed by atoms with E-state index in [0.29, 0.717) is 11.8 Å². The molecular formula is C10H17NO. The summed E-state index contributed by atoms with van der Waals surface area (Å²) in [5.74, 6) is 1.18. The molecule has 2 rings (SSSR count). The molecular weight excluding hydrogens is 150 g/mol. The number of hydrogen-bond donors (Lipinski definition) is 1. The number of carbonyl (C=O) groups excluding carboxylic acids is 1. The van der Waals surface area contributed by atoms with Gasteiger partial charge in [0.1, 0.15) is 5.78 Å². The van der Waals surface area contributed by atoms with Gasteiger partial charge in [-0.2, -0.15) is 0 Å². The zero-order valence-electron chi connectivity index (χ0n) is 7.89. The maximum absolute atomic E-state index is 11.3. The standard InChI is InChI=1S/C10H17NO/c1-7-8-3-4-9(12)6-10(2,5-8)11-7/h7-8,11H,3-6H2,1-2H3. The molecule has 1 aliphatic heterocycles. The highest BCUT2D eigenvalue weighted by atomic mass is 16.1. The molecule has 1 saturated heterocycles. The largest absolute Gasteiger partial charge is 0.308 e. The first-order valence-corrected chi connectivity index (χ1v) is 4.88. The minimum Gasteiger partial charge on any atom is -0.308 e. The number of nitrogens with one attached hydrogen (secondary N) is 1. The van der Waals surface area contributed by atoms with Crippen LogP contribution in [0.1, 0.15) is 39.5 Å². The fourth-order valence-electron chi connectivity index (χ4n) is 2.83. The molecule has 2 bridgehead atoms. The quantitative estimate of drug-likeness (QED) is 0.592. The lowest BCUT2D eigenvalue weighted by molar-refractivity contribution is -0.120. The maximum Gasteiger partial charge on any atom is 0.134 e. The average molecular weight is 167 g/mol. The number of fused-ring (bicyclic) bond motifs is 2. The number of rotatable bonds is 0. The van der Waals surface area contributed by atoms with Gasteiger partial charge in [-0.15, -0.1) is 0 Å².